The highest BCUT2D eigenvalue weighted by molar-refractivity contribution is 6.05. The molecule has 0 radical (unpaired) electrons. The van der Waals surface area contributed by atoms with Gasteiger partial charge in [0.15, 0.2) is 6.61 Å². The lowest BCUT2D eigenvalue weighted by Crippen LogP contribution is -2.35. The number of aryl methyl sites for hydroxylation is 1. The van der Waals surface area contributed by atoms with Gasteiger partial charge in [-0.1, -0.05) is 0 Å². The Morgan fingerprint density at radius 1 is 1.29 bits per heavy atom. The fraction of sp³-hybridized carbons (Fsp3) is 0.235. The maximum Gasteiger partial charge on any atom is 0.341 e. The molecule has 0 unspecified atom stereocenters. The van der Waals surface area contributed by atoms with Crippen molar-refractivity contribution in [3.05, 3.63) is 57.9 Å². The number of rotatable bonds is 8. The molecule has 0 fully saturated rings. The maximum absolute atomic E-state index is 12.3. The molecule has 0 saturated carbocycles. The van der Waals surface area contributed by atoms with E-state index in [0.717, 1.165) is 6.07 Å². The Morgan fingerprint density at radius 2 is 2.04 bits per heavy atom. The van der Waals surface area contributed by atoms with Gasteiger partial charge >= 0.3 is 5.97 Å². The first-order chi connectivity index (χ1) is 13.3. The molecule has 3 N–H and O–H groups in total. The van der Waals surface area contributed by atoms with E-state index in [1.54, 1.807) is 19.3 Å². The van der Waals surface area contributed by atoms with Gasteiger partial charge in [-0.2, -0.15) is 0 Å². The molecule has 0 aliphatic carbocycles. The number of carbonyl (C=O) groups excluding carboxylic acids is 3. The summed E-state index contributed by atoms with van der Waals surface area (Å²) >= 11 is 0. The Hall–Kier alpha value is -3.73. The number of nitrogens with one attached hydrogen (secondary N) is 2. The number of anilines is 1. The van der Waals surface area contributed by atoms with E-state index < -0.39 is 29.3 Å². The monoisotopic (exact) mass is 390 g/mol. The molecule has 0 aliphatic heterocycles. The third-order valence-electron chi connectivity index (χ3n) is 3.62. The average Bonchev–Trinajstić information content (AvgIpc) is 3.10. The number of carbonyl (C=O) groups is 3. The molecule has 11 nitrogen and oxygen atoms in total. The predicted octanol–water partition coefficient (Wildman–Crippen LogP) is 0.451. The lowest BCUT2D eigenvalue weighted by atomic mass is 10.1. The molecule has 11 heteroatoms. The summed E-state index contributed by atoms with van der Waals surface area (Å²) in [5.41, 5.74) is -0.0761. The number of benzene rings is 1. The van der Waals surface area contributed by atoms with Crippen molar-refractivity contribution in [3.63, 3.8) is 0 Å². The first-order valence-corrected chi connectivity index (χ1v) is 8.09. The maximum atomic E-state index is 12.3. The number of aromatic nitrogens is 1. The van der Waals surface area contributed by atoms with E-state index in [2.05, 4.69) is 10.6 Å². The molecule has 1 heterocycles. The Labute approximate surface area is 159 Å². The zero-order valence-electron chi connectivity index (χ0n) is 14.9. The number of ether oxygens (including phenoxy) is 1. The second-order valence-electron chi connectivity index (χ2n) is 5.60. The van der Waals surface area contributed by atoms with Crippen LogP contribution in [-0.2, 0) is 16.6 Å². The van der Waals surface area contributed by atoms with Crippen LogP contribution in [0.2, 0.25) is 0 Å². The molecule has 2 aromatic rings. The van der Waals surface area contributed by atoms with Crippen molar-refractivity contribution >= 4 is 29.2 Å². The first kappa shape index (κ1) is 20.6. The zero-order chi connectivity index (χ0) is 20.7. The van der Waals surface area contributed by atoms with Crippen LogP contribution in [0, 0.1) is 10.1 Å². The normalized spacial score (nSPS) is 10.2. The molecule has 1 aromatic heterocycles. The fourth-order valence-electron chi connectivity index (χ4n) is 2.29. The van der Waals surface area contributed by atoms with Gasteiger partial charge in [0.2, 0.25) is 0 Å². The quantitative estimate of drug-likeness (QED) is 0.334. The highest BCUT2D eigenvalue weighted by Gasteiger charge is 2.20. The largest absolute Gasteiger partial charge is 0.452 e. The Morgan fingerprint density at radius 3 is 2.64 bits per heavy atom. The van der Waals surface area contributed by atoms with Crippen molar-refractivity contribution in [1.82, 2.24) is 9.88 Å². The number of amides is 2. The zero-order valence-corrected chi connectivity index (χ0v) is 14.9. The van der Waals surface area contributed by atoms with Gasteiger partial charge < -0.3 is 19.7 Å². The van der Waals surface area contributed by atoms with Gasteiger partial charge in [-0.15, -0.1) is 0 Å². The number of hydrogen-bond donors (Lipinski definition) is 3. The molecule has 148 valence electrons. The van der Waals surface area contributed by atoms with E-state index in [4.69, 9.17) is 9.84 Å². The van der Waals surface area contributed by atoms with Crippen LogP contribution < -0.4 is 10.6 Å². The minimum absolute atomic E-state index is 0.101. The van der Waals surface area contributed by atoms with E-state index in [9.17, 15) is 24.5 Å². The molecule has 28 heavy (non-hydrogen) atoms. The standard InChI is InChI=1S/C17H18N4O7/c1-20-7-2-3-14(20)16(24)19-15(23)10-28-17(25)12-9-11(21(26)27)4-5-13(12)18-6-8-22/h2-5,7,9,18,22H,6,8,10H2,1H3,(H,19,23,24). The van der Waals surface area contributed by atoms with Gasteiger partial charge in [-0.25, -0.2) is 4.79 Å². The average molecular weight is 390 g/mol. The SMILES string of the molecule is Cn1cccc1C(=O)NC(=O)COC(=O)c1cc([N+](=O)[O-])ccc1NCCO. The van der Waals surface area contributed by atoms with Crippen LogP contribution in [0.15, 0.2) is 36.5 Å². The summed E-state index contributed by atoms with van der Waals surface area (Å²) in [6.07, 6.45) is 1.63. The molecule has 2 amide bonds. The van der Waals surface area contributed by atoms with Crippen LogP contribution in [-0.4, -0.2) is 52.1 Å². The van der Waals surface area contributed by atoms with Crippen molar-refractivity contribution in [1.29, 1.82) is 0 Å². The molecule has 0 atom stereocenters. The minimum Gasteiger partial charge on any atom is -0.452 e. The van der Waals surface area contributed by atoms with Crippen LogP contribution in [0.1, 0.15) is 20.8 Å². The molecule has 2 rings (SSSR count). The van der Waals surface area contributed by atoms with Crippen LogP contribution >= 0.6 is 0 Å². The number of non-ortho nitro benzene ring substituents is 1. The highest BCUT2D eigenvalue weighted by atomic mass is 16.6. The van der Waals surface area contributed by atoms with Gasteiger partial charge in [-0.3, -0.25) is 25.0 Å². The molecule has 0 saturated heterocycles. The summed E-state index contributed by atoms with van der Waals surface area (Å²) in [6.45, 7) is -0.879. The number of nitro groups is 1. The van der Waals surface area contributed by atoms with E-state index >= 15 is 0 Å². The molecular weight excluding hydrogens is 372 g/mol. The summed E-state index contributed by atoms with van der Waals surface area (Å²) in [6, 6.07) is 6.61. The third-order valence-corrected chi connectivity index (χ3v) is 3.62. The van der Waals surface area contributed by atoms with Crippen molar-refractivity contribution in [2.75, 3.05) is 25.1 Å². The number of hydrogen-bond acceptors (Lipinski definition) is 8. The van der Waals surface area contributed by atoms with Gasteiger partial charge in [0, 0.05) is 37.6 Å². The number of imide groups is 1. The summed E-state index contributed by atoms with van der Waals surface area (Å²) in [4.78, 5) is 46.3. The topological polar surface area (TPSA) is 153 Å². The minimum atomic E-state index is -0.995. The Balaban J connectivity index is 2.04. The number of esters is 1. The van der Waals surface area contributed by atoms with Crippen molar-refractivity contribution in [2.24, 2.45) is 7.05 Å². The second kappa shape index (κ2) is 9.28. The van der Waals surface area contributed by atoms with Gasteiger partial charge in [0.1, 0.15) is 5.69 Å². The Kier molecular flexibility index (Phi) is 6.82. The van der Waals surface area contributed by atoms with E-state index in [0.29, 0.717) is 0 Å². The first-order valence-electron chi connectivity index (χ1n) is 8.09. The Bertz CT molecular complexity index is 907. The van der Waals surface area contributed by atoms with Gasteiger partial charge in [0.25, 0.3) is 17.5 Å². The number of aliphatic hydroxyl groups excluding tert-OH is 1. The van der Waals surface area contributed by atoms with E-state index in [-0.39, 0.29) is 35.8 Å². The van der Waals surface area contributed by atoms with Crippen LogP contribution in [0.3, 0.4) is 0 Å². The smallest absolute Gasteiger partial charge is 0.341 e. The highest BCUT2D eigenvalue weighted by Crippen LogP contribution is 2.23. The molecule has 0 spiro atoms. The molecule has 0 aliphatic rings. The van der Waals surface area contributed by atoms with E-state index in [1.165, 1.54) is 22.8 Å². The second-order valence-corrected chi connectivity index (χ2v) is 5.60. The van der Waals surface area contributed by atoms with Gasteiger partial charge in [-0.05, 0) is 18.2 Å². The van der Waals surface area contributed by atoms with Crippen molar-refractivity contribution in [3.8, 4) is 0 Å². The van der Waals surface area contributed by atoms with Crippen molar-refractivity contribution < 1.29 is 29.2 Å². The van der Waals surface area contributed by atoms with Crippen LogP contribution in [0.4, 0.5) is 11.4 Å². The predicted molar refractivity (Wildman–Crippen MR) is 96.8 cm³/mol. The number of aliphatic hydroxyl groups is 1. The van der Waals surface area contributed by atoms with Crippen LogP contribution in [0.25, 0.3) is 0 Å². The fourth-order valence-corrected chi connectivity index (χ4v) is 2.29. The van der Waals surface area contributed by atoms with E-state index in [1.807, 2.05) is 0 Å². The summed E-state index contributed by atoms with van der Waals surface area (Å²) in [7, 11) is 1.63. The molecule has 1 aromatic carbocycles. The number of nitrogens with zero attached hydrogens (tertiary/aromatic N) is 2. The lowest BCUT2D eigenvalue weighted by Gasteiger charge is -2.11. The van der Waals surface area contributed by atoms with Crippen LogP contribution in [0.5, 0.6) is 0 Å². The summed E-state index contributed by atoms with van der Waals surface area (Å²) in [5, 5.41) is 24.6. The number of nitro benzene ring substituents is 1. The summed E-state index contributed by atoms with van der Waals surface area (Å²) in [5.74, 6) is -2.50. The third kappa shape index (κ3) is 5.14. The van der Waals surface area contributed by atoms with Gasteiger partial charge in [0.05, 0.1) is 17.1 Å². The molecule has 0 bridgehead atoms. The lowest BCUT2D eigenvalue weighted by molar-refractivity contribution is -0.384. The summed E-state index contributed by atoms with van der Waals surface area (Å²) < 4.78 is 6.37. The molecular formula is C17H18N4O7. The van der Waals surface area contributed by atoms with Crippen molar-refractivity contribution in [2.45, 2.75) is 0 Å².